The van der Waals surface area contributed by atoms with Crippen molar-refractivity contribution in [1.82, 2.24) is 20.1 Å². The second-order valence-electron chi connectivity index (χ2n) is 8.30. The lowest BCUT2D eigenvalue weighted by Gasteiger charge is -2.28. The van der Waals surface area contributed by atoms with E-state index in [1.165, 1.54) is 37.4 Å². The number of ether oxygens (including phenoxy) is 1. The lowest BCUT2D eigenvalue weighted by molar-refractivity contribution is -0.119. The molecule has 0 saturated heterocycles. The molecule has 29 heavy (non-hydrogen) atoms. The summed E-state index contributed by atoms with van der Waals surface area (Å²) in [6.07, 6.45) is 5.38. The maximum absolute atomic E-state index is 12.6. The lowest BCUT2D eigenvalue weighted by atomic mass is 9.84. The average Bonchev–Trinajstić information content (AvgIpc) is 3.47. The monoisotopic (exact) mass is 414 g/mol. The molecule has 2 aromatic rings. The van der Waals surface area contributed by atoms with Crippen LogP contribution in [0.4, 0.5) is 0 Å². The molecule has 2 aliphatic carbocycles. The summed E-state index contributed by atoms with van der Waals surface area (Å²) in [5, 5.41) is 12.7. The quantitative estimate of drug-likeness (QED) is 0.635. The molecular weight excluding hydrogens is 384 g/mol. The molecular formula is C22H30N4O2S. The van der Waals surface area contributed by atoms with Crippen LogP contribution in [0.25, 0.3) is 11.4 Å². The van der Waals surface area contributed by atoms with Gasteiger partial charge in [-0.05, 0) is 43.9 Å². The summed E-state index contributed by atoms with van der Waals surface area (Å²) in [6.45, 7) is 3.39. The molecule has 1 heterocycles. The Hall–Kier alpha value is -1.86. The van der Waals surface area contributed by atoms with E-state index < -0.39 is 0 Å². The van der Waals surface area contributed by atoms with E-state index in [0.717, 1.165) is 28.4 Å². The molecule has 2 fully saturated rings. The smallest absolute Gasteiger partial charge is 0.230 e. The van der Waals surface area contributed by atoms with Crippen molar-refractivity contribution < 1.29 is 9.53 Å². The van der Waals surface area contributed by atoms with E-state index in [9.17, 15) is 4.79 Å². The van der Waals surface area contributed by atoms with Crippen LogP contribution in [0.5, 0.6) is 0 Å². The second-order valence-corrected chi connectivity index (χ2v) is 9.24. The van der Waals surface area contributed by atoms with E-state index in [-0.39, 0.29) is 11.9 Å². The number of carbonyl (C=O) groups excluding carboxylic acids is 1. The molecule has 4 rings (SSSR count). The lowest BCUT2D eigenvalue weighted by Crippen LogP contribution is -2.40. The summed E-state index contributed by atoms with van der Waals surface area (Å²) in [4.78, 5) is 12.6. The highest BCUT2D eigenvalue weighted by Crippen LogP contribution is 2.49. The summed E-state index contributed by atoms with van der Waals surface area (Å²) < 4.78 is 7.29. The van der Waals surface area contributed by atoms with Gasteiger partial charge in [0.25, 0.3) is 0 Å². The molecule has 1 aromatic heterocycles. The number of amides is 1. The molecule has 0 unspecified atom stereocenters. The first-order chi connectivity index (χ1) is 14.2. The maximum atomic E-state index is 12.6. The highest BCUT2D eigenvalue weighted by molar-refractivity contribution is 7.99. The molecule has 6 nitrogen and oxygen atoms in total. The predicted molar refractivity (Wildman–Crippen MR) is 115 cm³/mol. The van der Waals surface area contributed by atoms with Crippen LogP contribution in [0.1, 0.15) is 32.6 Å². The van der Waals surface area contributed by atoms with Crippen LogP contribution >= 0.6 is 11.8 Å². The summed E-state index contributed by atoms with van der Waals surface area (Å²) in [6, 6.07) is 10.3. The third kappa shape index (κ3) is 4.67. The van der Waals surface area contributed by atoms with E-state index in [2.05, 4.69) is 22.4 Å². The van der Waals surface area contributed by atoms with Gasteiger partial charge in [0.1, 0.15) is 0 Å². The number of hydrogen-bond acceptors (Lipinski definition) is 5. The number of thioether (sulfide) groups is 1. The molecule has 7 heteroatoms. The maximum Gasteiger partial charge on any atom is 0.230 e. The van der Waals surface area contributed by atoms with Crippen LogP contribution in [0.3, 0.4) is 0 Å². The van der Waals surface area contributed by atoms with Crippen molar-refractivity contribution in [2.45, 2.75) is 50.4 Å². The Labute approximate surface area is 176 Å². The Kier molecular flexibility index (Phi) is 6.55. The van der Waals surface area contributed by atoms with Crippen LogP contribution in [-0.2, 0) is 16.1 Å². The zero-order valence-electron chi connectivity index (χ0n) is 17.2. The minimum Gasteiger partial charge on any atom is -0.383 e. The largest absolute Gasteiger partial charge is 0.383 e. The number of rotatable bonds is 9. The van der Waals surface area contributed by atoms with Gasteiger partial charge in [-0.3, -0.25) is 9.36 Å². The van der Waals surface area contributed by atoms with Gasteiger partial charge >= 0.3 is 0 Å². The van der Waals surface area contributed by atoms with Gasteiger partial charge in [0, 0.05) is 18.7 Å². The number of nitrogens with zero attached hydrogens (tertiary/aromatic N) is 3. The van der Waals surface area contributed by atoms with Gasteiger partial charge in [-0.15, -0.1) is 10.2 Å². The normalized spacial score (nSPS) is 24.0. The first-order valence-electron chi connectivity index (χ1n) is 10.6. The van der Waals surface area contributed by atoms with Crippen molar-refractivity contribution in [1.29, 1.82) is 0 Å². The minimum atomic E-state index is 0.0767. The van der Waals surface area contributed by atoms with E-state index >= 15 is 0 Å². The summed E-state index contributed by atoms with van der Waals surface area (Å²) in [5.74, 6) is 3.60. The molecule has 1 aromatic carbocycles. The number of fused-ring (bicyclic) bond motifs is 2. The van der Waals surface area contributed by atoms with E-state index in [0.29, 0.717) is 24.8 Å². The van der Waals surface area contributed by atoms with Gasteiger partial charge in [0.2, 0.25) is 5.91 Å². The topological polar surface area (TPSA) is 69.0 Å². The van der Waals surface area contributed by atoms with E-state index in [1.807, 2.05) is 34.9 Å². The number of methoxy groups -OCH3 is 1. The molecule has 2 aliphatic rings. The standard InChI is InChI=1S/C22H30N4O2S/c1-15(19-13-16-8-9-18(19)12-16)23-20(27)14-29-22-25-24-21(26(22)10-11-28-2)17-6-4-3-5-7-17/h3-7,15-16,18-19H,8-14H2,1-2H3,(H,23,27)/t15-,16-,18-,19-/m1/s1. The predicted octanol–water partition coefficient (Wildman–Crippen LogP) is 3.62. The Balaban J connectivity index is 1.37. The summed E-state index contributed by atoms with van der Waals surface area (Å²) in [7, 11) is 1.68. The Bertz CT molecular complexity index is 825. The van der Waals surface area contributed by atoms with Gasteiger partial charge < -0.3 is 10.1 Å². The zero-order valence-corrected chi connectivity index (χ0v) is 18.0. The van der Waals surface area contributed by atoms with Crippen molar-refractivity contribution in [3.63, 3.8) is 0 Å². The molecule has 1 amide bonds. The molecule has 0 radical (unpaired) electrons. The van der Waals surface area contributed by atoms with E-state index in [4.69, 9.17) is 4.74 Å². The summed E-state index contributed by atoms with van der Waals surface area (Å²) in [5.41, 5.74) is 1.01. The Morgan fingerprint density at radius 1 is 1.28 bits per heavy atom. The van der Waals surface area contributed by atoms with Gasteiger partial charge in [-0.1, -0.05) is 48.5 Å². The molecule has 0 spiro atoms. The Morgan fingerprint density at radius 3 is 2.79 bits per heavy atom. The van der Waals surface area contributed by atoms with Crippen molar-refractivity contribution in [2.75, 3.05) is 19.5 Å². The molecule has 4 atom stereocenters. The van der Waals surface area contributed by atoms with Gasteiger partial charge in [-0.25, -0.2) is 0 Å². The van der Waals surface area contributed by atoms with Crippen LogP contribution in [0, 0.1) is 17.8 Å². The van der Waals surface area contributed by atoms with Crippen LogP contribution < -0.4 is 5.32 Å². The first-order valence-corrected chi connectivity index (χ1v) is 11.5. The number of hydrogen-bond donors (Lipinski definition) is 1. The number of aromatic nitrogens is 3. The number of carbonyl (C=O) groups is 1. The third-order valence-electron chi connectivity index (χ3n) is 6.42. The van der Waals surface area contributed by atoms with Gasteiger partial charge in [0.05, 0.1) is 18.9 Å². The highest BCUT2D eigenvalue weighted by Gasteiger charge is 2.42. The highest BCUT2D eigenvalue weighted by atomic mass is 32.2. The number of nitrogens with one attached hydrogen (secondary N) is 1. The third-order valence-corrected chi connectivity index (χ3v) is 7.39. The first kappa shape index (κ1) is 20.4. The van der Waals surface area contributed by atoms with E-state index in [1.54, 1.807) is 7.11 Å². The molecule has 2 saturated carbocycles. The van der Waals surface area contributed by atoms with Crippen molar-refractivity contribution >= 4 is 17.7 Å². The van der Waals surface area contributed by atoms with Gasteiger partial charge in [0.15, 0.2) is 11.0 Å². The fourth-order valence-electron chi connectivity index (χ4n) is 5.02. The van der Waals surface area contributed by atoms with Crippen molar-refractivity contribution in [2.24, 2.45) is 17.8 Å². The van der Waals surface area contributed by atoms with Crippen LogP contribution in [0.15, 0.2) is 35.5 Å². The average molecular weight is 415 g/mol. The van der Waals surface area contributed by atoms with Crippen LogP contribution in [-0.4, -0.2) is 46.2 Å². The number of benzene rings is 1. The van der Waals surface area contributed by atoms with Crippen molar-refractivity contribution in [3.05, 3.63) is 30.3 Å². The fourth-order valence-corrected chi connectivity index (χ4v) is 5.80. The van der Waals surface area contributed by atoms with Crippen LogP contribution in [0.2, 0.25) is 0 Å². The SMILES string of the molecule is COCCn1c(SCC(=O)N[C@H](C)[C@H]2C[C@@H]3CC[C@@H]2C3)nnc1-c1ccccc1. The molecule has 2 bridgehead atoms. The minimum absolute atomic E-state index is 0.0767. The van der Waals surface area contributed by atoms with Gasteiger partial charge in [-0.2, -0.15) is 0 Å². The molecule has 0 aliphatic heterocycles. The fraction of sp³-hybridized carbons (Fsp3) is 0.591. The molecule has 156 valence electrons. The zero-order chi connectivity index (χ0) is 20.2. The summed E-state index contributed by atoms with van der Waals surface area (Å²) >= 11 is 1.44. The van der Waals surface area contributed by atoms with Crippen molar-refractivity contribution in [3.8, 4) is 11.4 Å². The molecule has 1 N–H and O–H groups in total. The Morgan fingerprint density at radius 2 is 2.10 bits per heavy atom. The second kappa shape index (κ2) is 9.30.